The SMILES string of the molecule is CC[C@H]1O[C@@H](n2cnc3c(N[C@H]4CC[C@@H](O)C4)ncnc32)[C@H](O)[C@@H]1O. The second-order valence-corrected chi connectivity index (χ2v) is 6.81. The van der Waals surface area contributed by atoms with E-state index in [-0.39, 0.29) is 12.1 Å². The largest absolute Gasteiger partial charge is 0.393 e. The van der Waals surface area contributed by atoms with Crippen molar-refractivity contribution in [2.45, 2.75) is 69.3 Å². The lowest BCUT2D eigenvalue weighted by Gasteiger charge is -2.17. The zero-order valence-electron chi connectivity index (χ0n) is 14.0. The first-order valence-electron chi connectivity index (χ1n) is 8.72. The summed E-state index contributed by atoms with van der Waals surface area (Å²) in [7, 11) is 0. The van der Waals surface area contributed by atoms with Crippen LogP contribution in [-0.4, -0.2) is 65.3 Å². The van der Waals surface area contributed by atoms with Gasteiger partial charge in [0.05, 0.1) is 18.5 Å². The normalized spacial score (nSPS) is 35.5. The first kappa shape index (κ1) is 16.6. The molecule has 2 aromatic heterocycles. The Morgan fingerprint density at radius 1 is 1.20 bits per heavy atom. The summed E-state index contributed by atoms with van der Waals surface area (Å²) in [5.74, 6) is 0.600. The first-order chi connectivity index (χ1) is 12.1. The molecular formula is C16H23N5O4. The fourth-order valence-corrected chi connectivity index (χ4v) is 3.72. The Kier molecular flexibility index (Phi) is 4.32. The number of ether oxygens (including phenoxy) is 1. The number of aromatic nitrogens is 4. The fraction of sp³-hybridized carbons (Fsp3) is 0.688. The highest BCUT2D eigenvalue weighted by Crippen LogP contribution is 2.33. The van der Waals surface area contributed by atoms with Crippen LogP contribution in [0.25, 0.3) is 11.2 Å². The maximum absolute atomic E-state index is 10.3. The van der Waals surface area contributed by atoms with Gasteiger partial charge in [0.1, 0.15) is 18.5 Å². The van der Waals surface area contributed by atoms with Crippen molar-refractivity contribution in [3.63, 3.8) is 0 Å². The second-order valence-electron chi connectivity index (χ2n) is 6.81. The van der Waals surface area contributed by atoms with E-state index in [1.165, 1.54) is 6.33 Å². The van der Waals surface area contributed by atoms with E-state index < -0.39 is 24.5 Å². The molecule has 0 amide bonds. The van der Waals surface area contributed by atoms with Gasteiger partial charge in [-0.05, 0) is 25.7 Å². The van der Waals surface area contributed by atoms with Crippen LogP contribution in [0.4, 0.5) is 5.82 Å². The van der Waals surface area contributed by atoms with E-state index in [1.807, 2.05) is 6.92 Å². The van der Waals surface area contributed by atoms with Gasteiger partial charge in [-0.2, -0.15) is 0 Å². The molecule has 1 saturated carbocycles. The molecule has 4 rings (SSSR count). The Hall–Kier alpha value is -1.81. The van der Waals surface area contributed by atoms with E-state index in [0.29, 0.717) is 29.8 Å². The second kappa shape index (κ2) is 6.49. The molecule has 2 aromatic rings. The molecule has 9 nitrogen and oxygen atoms in total. The summed E-state index contributed by atoms with van der Waals surface area (Å²) < 4.78 is 7.42. The van der Waals surface area contributed by atoms with Crippen LogP contribution in [0.1, 0.15) is 38.8 Å². The van der Waals surface area contributed by atoms with Crippen molar-refractivity contribution in [2.75, 3.05) is 5.32 Å². The van der Waals surface area contributed by atoms with E-state index in [4.69, 9.17) is 4.74 Å². The fourth-order valence-electron chi connectivity index (χ4n) is 3.72. The molecule has 1 saturated heterocycles. The topological polar surface area (TPSA) is 126 Å². The zero-order valence-corrected chi connectivity index (χ0v) is 14.0. The van der Waals surface area contributed by atoms with E-state index in [0.717, 1.165) is 12.8 Å². The summed E-state index contributed by atoms with van der Waals surface area (Å²) in [6, 6.07) is 0.151. The van der Waals surface area contributed by atoms with Crippen LogP contribution in [0.3, 0.4) is 0 Å². The monoisotopic (exact) mass is 349 g/mol. The van der Waals surface area contributed by atoms with Crippen LogP contribution < -0.4 is 5.32 Å². The van der Waals surface area contributed by atoms with Crippen molar-refractivity contribution in [3.8, 4) is 0 Å². The molecule has 9 heteroatoms. The number of fused-ring (bicyclic) bond motifs is 1. The maximum Gasteiger partial charge on any atom is 0.167 e. The summed E-state index contributed by atoms with van der Waals surface area (Å²) in [6.07, 6.45) is 2.51. The highest BCUT2D eigenvalue weighted by atomic mass is 16.6. The van der Waals surface area contributed by atoms with Gasteiger partial charge >= 0.3 is 0 Å². The van der Waals surface area contributed by atoms with Gasteiger partial charge in [0, 0.05) is 6.04 Å². The van der Waals surface area contributed by atoms with Crippen LogP contribution in [0.5, 0.6) is 0 Å². The third-order valence-electron chi connectivity index (χ3n) is 5.12. The lowest BCUT2D eigenvalue weighted by molar-refractivity contribution is -0.0355. The van der Waals surface area contributed by atoms with Gasteiger partial charge in [-0.25, -0.2) is 15.0 Å². The van der Waals surface area contributed by atoms with Gasteiger partial charge < -0.3 is 25.4 Å². The minimum atomic E-state index is -1.04. The molecule has 1 aliphatic heterocycles. The lowest BCUT2D eigenvalue weighted by atomic mass is 10.1. The molecule has 0 aromatic carbocycles. The standard InChI is InChI=1S/C16H23N5O4/c1-2-10-12(23)13(24)16(25-10)21-7-19-11-14(17-6-18-15(11)21)20-8-3-4-9(22)5-8/h6-10,12-13,16,22-24H,2-5H2,1H3,(H,17,18,20)/t8-,9+,10+,12+,13+,16+/m0/s1. The predicted octanol–water partition coefficient (Wildman–Crippen LogP) is 0.181. The minimum Gasteiger partial charge on any atom is -0.393 e. The molecule has 3 heterocycles. The van der Waals surface area contributed by atoms with Crippen molar-refractivity contribution in [1.82, 2.24) is 19.5 Å². The lowest BCUT2D eigenvalue weighted by Crippen LogP contribution is -2.31. The highest BCUT2D eigenvalue weighted by Gasteiger charge is 2.43. The van der Waals surface area contributed by atoms with Crippen LogP contribution >= 0.6 is 0 Å². The van der Waals surface area contributed by atoms with Gasteiger partial charge in [0.15, 0.2) is 23.2 Å². The minimum absolute atomic E-state index is 0.151. The molecule has 2 fully saturated rings. The average Bonchev–Trinajstić information content (AvgIpc) is 3.28. The third-order valence-corrected chi connectivity index (χ3v) is 5.12. The molecule has 2 aliphatic rings. The van der Waals surface area contributed by atoms with Crippen molar-refractivity contribution in [2.24, 2.45) is 0 Å². The third kappa shape index (κ3) is 2.86. The van der Waals surface area contributed by atoms with Crippen LogP contribution in [0, 0.1) is 0 Å². The number of nitrogens with zero attached hydrogens (tertiary/aromatic N) is 4. The number of hydrogen-bond acceptors (Lipinski definition) is 8. The quantitative estimate of drug-likeness (QED) is 0.616. The average molecular weight is 349 g/mol. The summed E-state index contributed by atoms with van der Waals surface area (Å²) in [4.78, 5) is 12.9. The predicted molar refractivity (Wildman–Crippen MR) is 88.8 cm³/mol. The molecule has 0 unspecified atom stereocenters. The molecule has 1 aliphatic carbocycles. The Bertz CT molecular complexity index is 753. The number of anilines is 1. The van der Waals surface area contributed by atoms with E-state index in [2.05, 4.69) is 20.3 Å². The summed E-state index contributed by atoms with van der Waals surface area (Å²) >= 11 is 0. The summed E-state index contributed by atoms with van der Waals surface area (Å²) in [5.41, 5.74) is 1.11. The van der Waals surface area contributed by atoms with E-state index >= 15 is 0 Å². The molecular weight excluding hydrogens is 326 g/mol. The number of nitrogens with one attached hydrogen (secondary N) is 1. The highest BCUT2D eigenvalue weighted by molar-refractivity contribution is 5.82. The van der Waals surface area contributed by atoms with Crippen molar-refractivity contribution in [3.05, 3.63) is 12.7 Å². The maximum atomic E-state index is 10.3. The Morgan fingerprint density at radius 3 is 2.72 bits per heavy atom. The number of aliphatic hydroxyl groups is 3. The van der Waals surface area contributed by atoms with E-state index in [1.54, 1.807) is 10.9 Å². The molecule has 25 heavy (non-hydrogen) atoms. The Labute approximate surface area is 144 Å². The first-order valence-corrected chi connectivity index (χ1v) is 8.72. The van der Waals surface area contributed by atoms with Crippen molar-refractivity contribution >= 4 is 17.0 Å². The summed E-state index contributed by atoms with van der Waals surface area (Å²) in [5, 5.41) is 33.4. The number of rotatable bonds is 4. The van der Waals surface area contributed by atoms with Crippen molar-refractivity contribution < 1.29 is 20.1 Å². The van der Waals surface area contributed by atoms with Gasteiger partial charge in [-0.3, -0.25) is 4.57 Å². The van der Waals surface area contributed by atoms with Crippen LogP contribution in [0.15, 0.2) is 12.7 Å². The molecule has 0 bridgehead atoms. The summed E-state index contributed by atoms with van der Waals surface area (Å²) in [6.45, 7) is 1.90. The molecule has 136 valence electrons. The zero-order chi connectivity index (χ0) is 17.6. The van der Waals surface area contributed by atoms with Crippen LogP contribution in [-0.2, 0) is 4.74 Å². The molecule has 4 N–H and O–H groups in total. The smallest absolute Gasteiger partial charge is 0.167 e. The van der Waals surface area contributed by atoms with Gasteiger partial charge in [0.2, 0.25) is 0 Å². The van der Waals surface area contributed by atoms with Gasteiger partial charge in [0.25, 0.3) is 0 Å². The number of aliphatic hydroxyl groups excluding tert-OH is 3. The molecule has 6 atom stereocenters. The van der Waals surface area contributed by atoms with E-state index in [9.17, 15) is 15.3 Å². The van der Waals surface area contributed by atoms with Crippen LogP contribution in [0.2, 0.25) is 0 Å². The van der Waals surface area contributed by atoms with Gasteiger partial charge in [-0.1, -0.05) is 6.92 Å². The number of imidazole rings is 1. The van der Waals surface area contributed by atoms with Crippen molar-refractivity contribution in [1.29, 1.82) is 0 Å². The Morgan fingerprint density at radius 2 is 2.04 bits per heavy atom. The molecule has 0 spiro atoms. The van der Waals surface area contributed by atoms with Gasteiger partial charge in [-0.15, -0.1) is 0 Å². The molecule has 0 radical (unpaired) electrons. The number of hydrogen-bond donors (Lipinski definition) is 4. The Balaban J connectivity index is 1.63.